The van der Waals surface area contributed by atoms with Crippen LogP contribution < -0.4 is 0 Å². The maximum Gasteiger partial charge on any atom is 0.228 e. The molecule has 0 bridgehead atoms. The molecule has 0 unspecified atom stereocenters. The smallest absolute Gasteiger partial charge is 0.228 e. The van der Waals surface area contributed by atoms with Crippen LogP contribution in [0, 0.1) is 0 Å². The normalized spacial score (nSPS) is 13.4. The minimum absolute atomic E-state index is 0.0563. The van der Waals surface area contributed by atoms with Gasteiger partial charge in [-0.1, -0.05) is 119 Å². The van der Waals surface area contributed by atoms with Gasteiger partial charge in [-0.05, 0) is 18.4 Å². The first kappa shape index (κ1) is 24.0. The van der Waals surface area contributed by atoms with E-state index in [0.717, 1.165) is 18.4 Å². The van der Waals surface area contributed by atoms with Crippen LogP contribution in [0.4, 0.5) is 0 Å². The van der Waals surface area contributed by atoms with E-state index in [2.05, 4.69) is 6.92 Å². The lowest BCUT2D eigenvalue weighted by Gasteiger charge is -2.21. The Morgan fingerprint density at radius 1 is 0.625 bits per heavy atom. The third kappa shape index (κ3) is 6.66. The molecule has 0 heterocycles. The van der Waals surface area contributed by atoms with Gasteiger partial charge < -0.3 is 4.74 Å². The van der Waals surface area contributed by atoms with Crippen molar-refractivity contribution in [3.63, 3.8) is 0 Å². The average molecular weight is 433 g/mol. The molecule has 0 spiro atoms. The van der Waals surface area contributed by atoms with E-state index in [-0.39, 0.29) is 17.3 Å². The molecule has 0 aliphatic heterocycles. The fraction of sp³-hybridized carbons (Fsp3) is 0.448. The molecule has 0 N–H and O–H groups in total. The number of hydrogen-bond acceptors (Lipinski definition) is 3. The van der Waals surface area contributed by atoms with E-state index >= 15 is 0 Å². The second-order valence-electron chi connectivity index (χ2n) is 8.72. The number of carbonyl (C=O) groups excluding carboxylic acids is 2. The van der Waals surface area contributed by atoms with Gasteiger partial charge in [-0.15, -0.1) is 0 Å². The number of benzene rings is 2. The second-order valence-corrected chi connectivity index (χ2v) is 8.72. The summed E-state index contributed by atoms with van der Waals surface area (Å²) in [6, 6.07) is 16.9. The Kier molecular flexibility index (Phi) is 9.74. The van der Waals surface area contributed by atoms with Crippen molar-refractivity contribution in [1.82, 2.24) is 0 Å². The van der Waals surface area contributed by atoms with Crippen molar-refractivity contribution >= 4 is 11.6 Å². The van der Waals surface area contributed by atoms with Gasteiger partial charge >= 0.3 is 0 Å². The lowest BCUT2D eigenvalue weighted by atomic mass is 9.86. The van der Waals surface area contributed by atoms with E-state index in [1.54, 1.807) is 18.2 Å². The maximum atomic E-state index is 13.2. The van der Waals surface area contributed by atoms with Crippen molar-refractivity contribution in [2.75, 3.05) is 0 Å². The van der Waals surface area contributed by atoms with Crippen molar-refractivity contribution in [2.45, 2.75) is 84.2 Å². The largest absolute Gasteiger partial charge is 0.484 e. The van der Waals surface area contributed by atoms with Gasteiger partial charge in [-0.25, -0.2) is 0 Å². The Bertz CT molecular complexity index is 911. The molecule has 1 aliphatic carbocycles. The zero-order valence-corrected chi connectivity index (χ0v) is 19.4. The molecule has 32 heavy (non-hydrogen) atoms. The number of fused-ring (bicyclic) bond motifs is 1. The second kappa shape index (κ2) is 13.0. The molecular formula is C29H36O3. The van der Waals surface area contributed by atoms with Crippen LogP contribution in [0.2, 0.25) is 0 Å². The molecule has 3 rings (SSSR count). The highest BCUT2D eigenvalue weighted by Gasteiger charge is 2.32. The zero-order chi connectivity index (χ0) is 22.6. The van der Waals surface area contributed by atoms with Crippen LogP contribution >= 0.6 is 0 Å². The van der Waals surface area contributed by atoms with Crippen LogP contribution in [-0.2, 0) is 11.3 Å². The molecule has 1 aliphatic rings. The summed E-state index contributed by atoms with van der Waals surface area (Å²) in [7, 11) is 0. The molecule has 3 heteroatoms. The predicted molar refractivity (Wildman–Crippen MR) is 130 cm³/mol. The Hall–Kier alpha value is -2.68. The van der Waals surface area contributed by atoms with Crippen LogP contribution in [0.15, 0.2) is 65.9 Å². The first-order valence-electron chi connectivity index (χ1n) is 12.3. The van der Waals surface area contributed by atoms with Crippen molar-refractivity contribution in [3.8, 4) is 0 Å². The van der Waals surface area contributed by atoms with Gasteiger partial charge in [0, 0.05) is 16.7 Å². The average Bonchev–Trinajstić information content (AvgIpc) is 2.83. The highest BCUT2D eigenvalue weighted by molar-refractivity contribution is 6.26. The SMILES string of the molecule is CCCCCCCCCCCCC1=C(OCc2ccccc2)C(=O)c2ccccc2C1=O. The Balaban J connectivity index is 1.57. The van der Waals surface area contributed by atoms with Crippen LogP contribution in [-0.4, -0.2) is 11.6 Å². The summed E-state index contributed by atoms with van der Waals surface area (Å²) in [5, 5.41) is 0. The van der Waals surface area contributed by atoms with E-state index in [4.69, 9.17) is 4.74 Å². The number of allylic oxidation sites excluding steroid dienone is 2. The van der Waals surface area contributed by atoms with Gasteiger partial charge in [-0.3, -0.25) is 9.59 Å². The summed E-state index contributed by atoms with van der Waals surface area (Å²) >= 11 is 0. The summed E-state index contributed by atoms with van der Waals surface area (Å²) in [6.45, 7) is 2.54. The van der Waals surface area contributed by atoms with E-state index in [1.807, 2.05) is 36.4 Å². The molecule has 0 saturated heterocycles. The molecule has 2 aromatic rings. The fourth-order valence-corrected chi connectivity index (χ4v) is 4.30. The Morgan fingerprint density at radius 3 is 1.78 bits per heavy atom. The van der Waals surface area contributed by atoms with E-state index < -0.39 is 0 Å². The summed E-state index contributed by atoms with van der Waals surface area (Å²) < 4.78 is 5.97. The minimum Gasteiger partial charge on any atom is -0.484 e. The third-order valence-corrected chi connectivity index (χ3v) is 6.18. The highest BCUT2D eigenvalue weighted by Crippen LogP contribution is 2.30. The highest BCUT2D eigenvalue weighted by atomic mass is 16.5. The van der Waals surface area contributed by atoms with Crippen LogP contribution in [0.5, 0.6) is 0 Å². The maximum absolute atomic E-state index is 13.2. The van der Waals surface area contributed by atoms with E-state index in [1.165, 1.54) is 51.4 Å². The number of carbonyl (C=O) groups is 2. The van der Waals surface area contributed by atoms with Gasteiger partial charge in [0.15, 0.2) is 11.5 Å². The molecule has 2 aromatic carbocycles. The minimum atomic E-state index is -0.168. The molecule has 0 aromatic heterocycles. The van der Waals surface area contributed by atoms with Crippen molar-refractivity contribution in [3.05, 3.63) is 82.6 Å². The molecule has 0 fully saturated rings. The molecule has 3 nitrogen and oxygen atoms in total. The number of Topliss-reactive ketones (excluding diaryl/α,β-unsaturated/α-hetero) is 2. The van der Waals surface area contributed by atoms with Crippen molar-refractivity contribution in [1.29, 1.82) is 0 Å². The van der Waals surface area contributed by atoms with Gasteiger partial charge in [-0.2, -0.15) is 0 Å². The molecule has 0 atom stereocenters. The zero-order valence-electron chi connectivity index (χ0n) is 19.4. The molecule has 170 valence electrons. The van der Waals surface area contributed by atoms with Gasteiger partial charge in [0.1, 0.15) is 6.61 Å². The standard InChI is InChI=1S/C29H36O3/c1-2-3-4-5-6-7-8-9-10-14-21-26-27(30)24-19-15-16-20-25(24)28(31)29(26)32-22-23-17-12-11-13-18-23/h11-13,15-20H,2-10,14,21-22H2,1H3. The Morgan fingerprint density at radius 2 is 1.16 bits per heavy atom. The quantitative estimate of drug-likeness (QED) is 0.285. The number of rotatable bonds is 14. The molecule has 0 saturated carbocycles. The number of ketones is 2. The number of ether oxygens (including phenoxy) is 1. The molecule has 0 amide bonds. The fourth-order valence-electron chi connectivity index (χ4n) is 4.30. The summed E-state index contributed by atoms with van der Waals surface area (Å²) in [5.41, 5.74) is 2.49. The van der Waals surface area contributed by atoms with Crippen LogP contribution in [0.3, 0.4) is 0 Å². The molecule has 0 radical (unpaired) electrons. The third-order valence-electron chi connectivity index (χ3n) is 6.18. The van der Waals surface area contributed by atoms with Crippen LogP contribution in [0.25, 0.3) is 0 Å². The van der Waals surface area contributed by atoms with Gasteiger partial charge in [0.25, 0.3) is 0 Å². The van der Waals surface area contributed by atoms with Crippen molar-refractivity contribution < 1.29 is 14.3 Å². The predicted octanol–water partition coefficient (Wildman–Crippen LogP) is 7.85. The summed E-state index contributed by atoms with van der Waals surface area (Å²) in [6.07, 6.45) is 13.0. The first-order valence-corrected chi connectivity index (χ1v) is 12.3. The monoisotopic (exact) mass is 432 g/mol. The summed E-state index contributed by atoms with van der Waals surface area (Å²) in [4.78, 5) is 26.3. The number of unbranched alkanes of at least 4 members (excludes halogenated alkanes) is 9. The first-order chi connectivity index (χ1) is 15.7. The topological polar surface area (TPSA) is 43.4 Å². The van der Waals surface area contributed by atoms with Crippen LogP contribution in [0.1, 0.15) is 104 Å². The lowest BCUT2D eigenvalue weighted by molar-refractivity contribution is 0.0854. The van der Waals surface area contributed by atoms with Gasteiger partial charge in [0.2, 0.25) is 5.78 Å². The Labute approximate surface area is 192 Å². The lowest BCUT2D eigenvalue weighted by Crippen LogP contribution is -2.23. The molecular weight excluding hydrogens is 396 g/mol. The van der Waals surface area contributed by atoms with E-state index in [0.29, 0.717) is 29.7 Å². The van der Waals surface area contributed by atoms with E-state index in [9.17, 15) is 9.59 Å². The number of hydrogen-bond donors (Lipinski definition) is 0. The van der Waals surface area contributed by atoms with Gasteiger partial charge in [0.05, 0.1) is 0 Å². The summed E-state index contributed by atoms with van der Waals surface area (Å²) in [5.74, 6) is 0.0193. The van der Waals surface area contributed by atoms with Crippen molar-refractivity contribution in [2.24, 2.45) is 0 Å².